The fourth-order valence-corrected chi connectivity index (χ4v) is 2.46. The van der Waals surface area contributed by atoms with Crippen molar-refractivity contribution >= 4 is 0 Å². The fourth-order valence-electron chi connectivity index (χ4n) is 2.46. The van der Waals surface area contributed by atoms with Gasteiger partial charge in [-0.25, -0.2) is 0 Å². The van der Waals surface area contributed by atoms with Crippen molar-refractivity contribution in [2.75, 3.05) is 7.05 Å². The van der Waals surface area contributed by atoms with Crippen LogP contribution >= 0.6 is 0 Å². The molecule has 2 heteroatoms. The number of ether oxygens (including phenoxy) is 1. The van der Waals surface area contributed by atoms with E-state index >= 15 is 0 Å². The van der Waals surface area contributed by atoms with Crippen molar-refractivity contribution in [2.45, 2.75) is 38.3 Å². The summed E-state index contributed by atoms with van der Waals surface area (Å²) in [6.45, 7) is 2.31. The Morgan fingerprint density at radius 1 is 1.19 bits per heavy atom. The highest BCUT2D eigenvalue weighted by atomic mass is 16.5. The largest absolute Gasteiger partial charge is 0.489 e. The second kappa shape index (κ2) is 5.35. The highest BCUT2D eigenvalue weighted by Crippen LogP contribution is 2.27. The van der Waals surface area contributed by atoms with Gasteiger partial charge in [-0.1, -0.05) is 25.1 Å². The molecule has 0 aliphatic heterocycles. The molecule has 2 nitrogen and oxygen atoms in total. The molecule has 0 bridgehead atoms. The molecule has 1 N–H and O–H groups in total. The van der Waals surface area contributed by atoms with Crippen LogP contribution in [0.15, 0.2) is 30.3 Å². The maximum absolute atomic E-state index is 6.07. The molecule has 1 aliphatic carbocycles. The van der Waals surface area contributed by atoms with Crippen molar-refractivity contribution in [3.05, 3.63) is 30.3 Å². The van der Waals surface area contributed by atoms with Gasteiger partial charge in [0.2, 0.25) is 0 Å². The predicted molar refractivity (Wildman–Crippen MR) is 66.7 cm³/mol. The average Bonchev–Trinajstić information content (AvgIpc) is 2.31. The Hall–Kier alpha value is -1.02. The van der Waals surface area contributed by atoms with Crippen LogP contribution in [0.5, 0.6) is 5.75 Å². The highest BCUT2D eigenvalue weighted by Gasteiger charge is 2.28. The quantitative estimate of drug-likeness (QED) is 0.844. The minimum Gasteiger partial charge on any atom is -0.489 e. The minimum atomic E-state index is 0.316. The van der Waals surface area contributed by atoms with E-state index in [-0.39, 0.29) is 0 Å². The van der Waals surface area contributed by atoms with Crippen molar-refractivity contribution in [1.82, 2.24) is 5.32 Å². The number of rotatable bonds is 3. The molecule has 0 saturated heterocycles. The Morgan fingerprint density at radius 3 is 2.62 bits per heavy atom. The van der Waals surface area contributed by atoms with E-state index in [9.17, 15) is 0 Å². The molecule has 1 aromatic rings. The van der Waals surface area contributed by atoms with Gasteiger partial charge in [0, 0.05) is 6.04 Å². The van der Waals surface area contributed by atoms with Crippen LogP contribution in [-0.2, 0) is 0 Å². The lowest BCUT2D eigenvalue weighted by atomic mass is 9.85. The summed E-state index contributed by atoms with van der Waals surface area (Å²) < 4.78 is 6.07. The van der Waals surface area contributed by atoms with Crippen LogP contribution in [0.1, 0.15) is 26.2 Å². The van der Waals surface area contributed by atoms with Gasteiger partial charge in [0.05, 0.1) is 0 Å². The van der Waals surface area contributed by atoms with Crippen LogP contribution in [-0.4, -0.2) is 19.2 Å². The maximum Gasteiger partial charge on any atom is 0.119 e. The van der Waals surface area contributed by atoms with Crippen LogP contribution in [0.25, 0.3) is 0 Å². The standard InChI is InChI=1S/C14H21NO/c1-11-8-9-13(15-2)14(10-11)16-12-6-4-3-5-7-12/h3-7,11,13-15H,8-10H2,1-2H3. The van der Waals surface area contributed by atoms with E-state index < -0.39 is 0 Å². The Bertz CT molecular complexity index is 312. The van der Waals surface area contributed by atoms with E-state index in [0.717, 1.165) is 18.1 Å². The molecular weight excluding hydrogens is 198 g/mol. The summed E-state index contributed by atoms with van der Waals surface area (Å²) in [5.41, 5.74) is 0. The van der Waals surface area contributed by atoms with Gasteiger partial charge in [-0.3, -0.25) is 0 Å². The number of hydrogen-bond acceptors (Lipinski definition) is 2. The first-order valence-electron chi connectivity index (χ1n) is 6.18. The van der Waals surface area contributed by atoms with Crippen molar-refractivity contribution in [3.63, 3.8) is 0 Å². The second-order valence-electron chi connectivity index (χ2n) is 4.78. The lowest BCUT2D eigenvalue weighted by Crippen LogP contribution is -2.45. The number of para-hydroxylation sites is 1. The van der Waals surface area contributed by atoms with Crippen molar-refractivity contribution in [2.24, 2.45) is 5.92 Å². The second-order valence-corrected chi connectivity index (χ2v) is 4.78. The monoisotopic (exact) mass is 219 g/mol. The summed E-state index contributed by atoms with van der Waals surface area (Å²) in [5.74, 6) is 1.76. The number of nitrogens with one attached hydrogen (secondary N) is 1. The molecule has 0 spiro atoms. The van der Waals surface area contributed by atoms with Crippen molar-refractivity contribution in [1.29, 1.82) is 0 Å². The zero-order chi connectivity index (χ0) is 11.4. The molecule has 0 aromatic heterocycles. The van der Waals surface area contributed by atoms with Gasteiger partial charge in [0.25, 0.3) is 0 Å². The molecule has 0 heterocycles. The Kier molecular flexibility index (Phi) is 3.83. The number of benzene rings is 1. The SMILES string of the molecule is CNC1CCC(C)CC1Oc1ccccc1. The van der Waals surface area contributed by atoms with Gasteiger partial charge in [0.15, 0.2) is 0 Å². The van der Waals surface area contributed by atoms with E-state index in [1.54, 1.807) is 0 Å². The smallest absolute Gasteiger partial charge is 0.119 e. The Labute approximate surface area is 98.0 Å². The van der Waals surface area contributed by atoms with E-state index in [0.29, 0.717) is 12.1 Å². The Morgan fingerprint density at radius 2 is 1.94 bits per heavy atom. The molecule has 0 amide bonds. The molecule has 2 rings (SSSR count). The molecule has 1 aromatic carbocycles. The van der Waals surface area contributed by atoms with Gasteiger partial charge in [-0.05, 0) is 44.4 Å². The summed E-state index contributed by atoms with van der Waals surface area (Å²) in [6.07, 6.45) is 3.99. The zero-order valence-corrected chi connectivity index (χ0v) is 10.1. The third-order valence-corrected chi connectivity index (χ3v) is 3.46. The minimum absolute atomic E-state index is 0.316. The highest BCUT2D eigenvalue weighted by molar-refractivity contribution is 5.21. The Balaban J connectivity index is 2.01. The van der Waals surface area contributed by atoms with E-state index in [4.69, 9.17) is 4.74 Å². The third kappa shape index (κ3) is 2.76. The van der Waals surface area contributed by atoms with Crippen LogP contribution in [0, 0.1) is 5.92 Å². The van der Waals surface area contributed by atoms with Gasteiger partial charge in [0.1, 0.15) is 11.9 Å². The number of hydrogen-bond donors (Lipinski definition) is 1. The third-order valence-electron chi connectivity index (χ3n) is 3.46. The topological polar surface area (TPSA) is 21.3 Å². The summed E-state index contributed by atoms with van der Waals surface area (Å²) in [4.78, 5) is 0. The number of likely N-dealkylation sites (N-methyl/N-ethyl adjacent to an activating group) is 1. The molecular formula is C14H21NO. The normalized spacial score (nSPS) is 30.0. The van der Waals surface area contributed by atoms with Gasteiger partial charge >= 0.3 is 0 Å². The van der Waals surface area contributed by atoms with E-state index in [1.807, 2.05) is 37.4 Å². The van der Waals surface area contributed by atoms with E-state index in [2.05, 4.69) is 12.2 Å². The molecule has 0 radical (unpaired) electrons. The van der Waals surface area contributed by atoms with Crippen LogP contribution in [0.4, 0.5) is 0 Å². The van der Waals surface area contributed by atoms with E-state index in [1.165, 1.54) is 12.8 Å². The molecule has 1 fully saturated rings. The first-order chi connectivity index (χ1) is 7.79. The lowest BCUT2D eigenvalue weighted by Gasteiger charge is -2.34. The summed E-state index contributed by atoms with van der Waals surface area (Å²) in [7, 11) is 2.03. The summed E-state index contributed by atoms with van der Waals surface area (Å²) >= 11 is 0. The molecule has 88 valence electrons. The first-order valence-corrected chi connectivity index (χ1v) is 6.18. The molecule has 1 aliphatic rings. The predicted octanol–water partition coefficient (Wildman–Crippen LogP) is 2.84. The first kappa shape index (κ1) is 11.5. The van der Waals surface area contributed by atoms with Gasteiger partial charge in [-0.15, -0.1) is 0 Å². The molecule has 3 atom stereocenters. The van der Waals surface area contributed by atoms with Gasteiger partial charge < -0.3 is 10.1 Å². The molecule has 16 heavy (non-hydrogen) atoms. The summed E-state index contributed by atoms with van der Waals surface area (Å²) in [5, 5.41) is 3.37. The molecule has 3 unspecified atom stereocenters. The maximum atomic E-state index is 6.07. The zero-order valence-electron chi connectivity index (χ0n) is 10.1. The summed E-state index contributed by atoms with van der Waals surface area (Å²) in [6, 6.07) is 10.6. The van der Waals surface area contributed by atoms with Crippen molar-refractivity contribution in [3.8, 4) is 5.75 Å². The molecule has 1 saturated carbocycles. The van der Waals surface area contributed by atoms with Crippen LogP contribution in [0.3, 0.4) is 0 Å². The van der Waals surface area contributed by atoms with Crippen molar-refractivity contribution < 1.29 is 4.74 Å². The van der Waals surface area contributed by atoms with Crippen LogP contribution < -0.4 is 10.1 Å². The fraction of sp³-hybridized carbons (Fsp3) is 0.571. The lowest BCUT2D eigenvalue weighted by molar-refractivity contribution is 0.0944. The average molecular weight is 219 g/mol. The van der Waals surface area contributed by atoms with Gasteiger partial charge in [-0.2, -0.15) is 0 Å². The van der Waals surface area contributed by atoms with Crippen LogP contribution in [0.2, 0.25) is 0 Å².